The molecule has 0 saturated heterocycles. The summed E-state index contributed by atoms with van der Waals surface area (Å²) in [6.45, 7) is -1.40. The summed E-state index contributed by atoms with van der Waals surface area (Å²) in [6, 6.07) is 6.38. The predicted molar refractivity (Wildman–Crippen MR) is 105 cm³/mol. The number of rotatable bonds is 6. The molecule has 0 radical (unpaired) electrons. The van der Waals surface area contributed by atoms with Gasteiger partial charge in [0.15, 0.2) is 0 Å². The molecule has 2 amide bonds. The third-order valence-electron chi connectivity index (χ3n) is 6.05. The lowest BCUT2D eigenvalue weighted by atomic mass is 9.80. The van der Waals surface area contributed by atoms with Crippen molar-refractivity contribution in [3.05, 3.63) is 53.3 Å². The Labute approximate surface area is 181 Å². The van der Waals surface area contributed by atoms with Gasteiger partial charge in [0.05, 0.1) is 17.2 Å². The van der Waals surface area contributed by atoms with Crippen LogP contribution in [-0.4, -0.2) is 57.3 Å². The maximum atomic E-state index is 13.4. The Balaban J connectivity index is 1.81. The van der Waals surface area contributed by atoms with E-state index in [1.165, 1.54) is 30.1 Å². The fourth-order valence-electron chi connectivity index (χ4n) is 4.37. The molecule has 2 heterocycles. The van der Waals surface area contributed by atoms with Crippen molar-refractivity contribution in [2.45, 2.75) is 37.5 Å². The fourth-order valence-corrected chi connectivity index (χ4v) is 4.37. The van der Waals surface area contributed by atoms with Crippen LogP contribution in [0.4, 0.5) is 13.2 Å². The minimum Gasteiger partial charge on any atom is -0.481 e. The topological polar surface area (TPSA) is 105 Å². The highest BCUT2D eigenvalue weighted by atomic mass is 19.4. The summed E-state index contributed by atoms with van der Waals surface area (Å²) >= 11 is 0. The van der Waals surface area contributed by atoms with E-state index < -0.39 is 42.0 Å². The zero-order valence-corrected chi connectivity index (χ0v) is 17.1. The second-order valence-corrected chi connectivity index (χ2v) is 8.19. The summed E-state index contributed by atoms with van der Waals surface area (Å²) in [5.41, 5.74) is -0.371. The molecule has 1 aromatic carbocycles. The van der Waals surface area contributed by atoms with Gasteiger partial charge in [0.1, 0.15) is 12.5 Å². The number of amides is 2. The maximum absolute atomic E-state index is 13.4. The third-order valence-corrected chi connectivity index (χ3v) is 6.05. The first-order valence-corrected chi connectivity index (χ1v) is 10.0. The van der Waals surface area contributed by atoms with Crippen LogP contribution < -0.4 is 5.32 Å². The number of halogens is 3. The van der Waals surface area contributed by atoms with Gasteiger partial charge < -0.3 is 15.3 Å². The number of nitrogens with one attached hydrogen (secondary N) is 1. The van der Waals surface area contributed by atoms with E-state index in [1.807, 2.05) is 0 Å². The van der Waals surface area contributed by atoms with Crippen LogP contribution >= 0.6 is 0 Å². The number of benzene rings is 1. The average molecular weight is 450 g/mol. The molecule has 170 valence electrons. The van der Waals surface area contributed by atoms with E-state index in [0.29, 0.717) is 17.5 Å². The summed E-state index contributed by atoms with van der Waals surface area (Å²) in [5.74, 6) is -3.24. The number of hydrogen-bond acceptors (Lipinski definition) is 4. The van der Waals surface area contributed by atoms with Gasteiger partial charge in [0, 0.05) is 25.4 Å². The molecule has 2 atom stereocenters. The molecule has 32 heavy (non-hydrogen) atoms. The smallest absolute Gasteiger partial charge is 0.408 e. The number of fused-ring (bicyclic) bond motifs is 1. The molecule has 0 spiro atoms. The highest BCUT2D eigenvalue weighted by molar-refractivity contribution is 6.00. The minimum absolute atomic E-state index is 0.0252. The molecule has 1 aromatic heterocycles. The molecule has 1 saturated carbocycles. The highest BCUT2D eigenvalue weighted by Crippen LogP contribution is 2.50. The molecule has 1 aliphatic carbocycles. The van der Waals surface area contributed by atoms with E-state index in [-0.39, 0.29) is 29.3 Å². The van der Waals surface area contributed by atoms with E-state index in [0.717, 1.165) is 6.20 Å². The first-order chi connectivity index (χ1) is 15.1. The van der Waals surface area contributed by atoms with Crippen LogP contribution in [0.3, 0.4) is 0 Å². The second kappa shape index (κ2) is 7.64. The first-order valence-electron chi connectivity index (χ1n) is 10.0. The molecule has 0 bridgehead atoms. The normalized spacial score (nSPS) is 21.8. The highest BCUT2D eigenvalue weighted by Gasteiger charge is 2.55. The monoisotopic (exact) mass is 450 g/mol. The summed E-state index contributed by atoms with van der Waals surface area (Å²) in [4.78, 5) is 39.4. The molecule has 2 aromatic rings. The number of alkyl halides is 3. The molecule has 11 heteroatoms. The van der Waals surface area contributed by atoms with Crippen molar-refractivity contribution in [3.63, 3.8) is 0 Å². The predicted octanol–water partition coefficient (Wildman–Crippen LogP) is 2.34. The zero-order valence-electron chi connectivity index (χ0n) is 17.1. The summed E-state index contributed by atoms with van der Waals surface area (Å²) in [7, 11) is 1.48. The van der Waals surface area contributed by atoms with Gasteiger partial charge >= 0.3 is 12.1 Å². The molecule has 2 unspecified atom stereocenters. The standard InChI is InChI=1S/C21H21F3N4O4/c1-25-19(32)20(7-8-20)10-28-16(14-6-9-27(26-14)11-21(22,23)24)15(18(30)31)12-4-2-3-5-13(12)17(28)29/h2-6,9,15-16H,7-8,10-11H2,1H3,(H,25,32)(H,30,31). The van der Waals surface area contributed by atoms with Crippen LogP contribution in [0, 0.1) is 5.41 Å². The number of nitrogens with zero attached hydrogens (tertiary/aromatic N) is 3. The van der Waals surface area contributed by atoms with Crippen LogP contribution in [0.15, 0.2) is 36.5 Å². The molecule has 2 N–H and O–H groups in total. The van der Waals surface area contributed by atoms with Gasteiger partial charge in [0.25, 0.3) is 5.91 Å². The summed E-state index contributed by atoms with van der Waals surface area (Å²) < 4.78 is 39.2. The molecule has 1 fully saturated rings. The Hall–Kier alpha value is -3.37. The number of carbonyl (C=O) groups excluding carboxylic acids is 2. The summed E-state index contributed by atoms with van der Waals surface area (Å²) in [5, 5.41) is 16.6. The van der Waals surface area contributed by atoms with Gasteiger partial charge in [-0.1, -0.05) is 18.2 Å². The number of carboxylic acid groups (broad SMARTS) is 1. The van der Waals surface area contributed by atoms with Crippen molar-refractivity contribution in [1.82, 2.24) is 20.0 Å². The third kappa shape index (κ3) is 3.82. The fraction of sp³-hybridized carbons (Fsp3) is 0.429. The van der Waals surface area contributed by atoms with Crippen LogP contribution in [-0.2, 0) is 16.1 Å². The largest absolute Gasteiger partial charge is 0.481 e. The minimum atomic E-state index is -4.51. The lowest BCUT2D eigenvalue weighted by Gasteiger charge is -2.41. The van der Waals surface area contributed by atoms with E-state index in [4.69, 9.17) is 0 Å². The van der Waals surface area contributed by atoms with Crippen molar-refractivity contribution in [2.24, 2.45) is 5.41 Å². The quantitative estimate of drug-likeness (QED) is 0.703. The maximum Gasteiger partial charge on any atom is 0.408 e. The van der Waals surface area contributed by atoms with Crippen molar-refractivity contribution >= 4 is 17.8 Å². The average Bonchev–Trinajstić information content (AvgIpc) is 3.38. The van der Waals surface area contributed by atoms with Crippen LogP contribution in [0.1, 0.15) is 46.4 Å². The lowest BCUT2D eigenvalue weighted by Crippen LogP contribution is -2.49. The van der Waals surface area contributed by atoms with Crippen molar-refractivity contribution in [2.75, 3.05) is 13.6 Å². The van der Waals surface area contributed by atoms with Gasteiger partial charge in [-0.2, -0.15) is 18.3 Å². The van der Waals surface area contributed by atoms with Crippen molar-refractivity contribution in [1.29, 1.82) is 0 Å². The van der Waals surface area contributed by atoms with E-state index in [9.17, 15) is 32.7 Å². The van der Waals surface area contributed by atoms with Gasteiger partial charge in [-0.25, -0.2) is 0 Å². The van der Waals surface area contributed by atoms with Gasteiger partial charge in [-0.15, -0.1) is 0 Å². The van der Waals surface area contributed by atoms with E-state index in [2.05, 4.69) is 10.4 Å². The molecular weight excluding hydrogens is 429 g/mol. The second-order valence-electron chi connectivity index (χ2n) is 8.19. The first kappa shape index (κ1) is 21.8. The Bertz CT molecular complexity index is 1080. The molecule has 1 aliphatic heterocycles. The van der Waals surface area contributed by atoms with Crippen LogP contribution in [0.5, 0.6) is 0 Å². The number of aromatic nitrogens is 2. The Kier molecular flexibility index (Phi) is 5.22. The van der Waals surface area contributed by atoms with Crippen molar-refractivity contribution in [3.8, 4) is 0 Å². The number of carbonyl (C=O) groups is 3. The molecular formula is C21H21F3N4O4. The lowest BCUT2D eigenvalue weighted by molar-refractivity contribution is -0.143. The van der Waals surface area contributed by atoms with Gasteiger partial charge in [0.2, 0.25) is 5.91 Å². The molecule has 2 aliphatic rings. The van der Waals surface area contributed by atoms with Gasteiger partial charge in [-0.3, -0.25) is 19.1 Å². The Morgan fingerprint density at radius 2 is 1.94 bits per heavy atom. The summed E-state index contributed by atoms with van der Waals surface area (Å²) in [6.07, 6.45) is -2.37. The Morgan fingerprint density at radius 1 is 1.25 bits per heavy atom. The number of carboxylic acids is 1. The van der Waals surface area contributed by atoms with Crippen molar-refractivity contribution < 1.29 is 32.7 Å². The van der Waals surface area contributed by atoms with Crippen LogP contribution in [0.2, 0.25) is 0 Å². The van der Waals surface area contributed by atoms with Crippen LogP contribution in [0.25, 0.3) is 0 Å². The number of hydrogen-bond donors (Lipinski definition) is 2. The van der Waals surface area contributed by atoms with Gasteiger partial charge in [-0.05, 0) is 30.5 Å². The molecule has 8 nitrogen and oxygen atoms in total. The zero-order chi connectivity index (χ0) is 23.3. The van der Waals surface area contributed by atoms with E-state index >= 15 is 0 Å². The van der Waals surface area contributed by atoms with E-state index in [1.54, 1.807) is 12.1 Å². The SMILES string of the molecule is CNC(=O)C1(CN2C(=O)c3ccccc3C(C(=O)O)C2c2ccn(CC(F)(F)F)n2)CC1. The Morgan fingerprint density at radius 3 is 2.53 bits per heavy atom. The molecule has 4 rings (SSSR count). The number of aliphatic carboxylic acids is 1.